The van der Waals surface area contributed by atoms with Crippen LogP contribution in [-0.2, 0) is 17.9 Å². The van der Waals surface area contributed by atoms with Gasteiger partial charge in [0.25, 0.3) is 0 Å². The molecule has 0 unspecified atom stereocenters. The molecule has 1 aromatic rings. The van der Waals surface area contributed by atoms with E-state index in [0.29, 0.717) is 12.2 Å². The van der Waals surface area contributed by atoms with Gasteiger partial charge in [0.05, 0.1) is 13.1 Å². The van der Waals surface area contributed by atoms with E-state index in [1.54, 1.807) is 0 Å². The smallest absolute Gasteiger partial charge is 0.326 e. The van der Waals surface area contributed by atoms with Crippen LogP contribution in [0.25, 0.3) is 0 Å². The minimum absolute atomic E-state index is 0.00680. The van der Waals surface area contributed by atoms with Gasteiger partial charge in [0, 0.05) is 0 Å². The van der Waals surface area contributed by atoms with E-state index in [2.05, 4.69) is 20.8 Å². The molecule has 9 nitrogen and oxygen atoms in total. The van der Waals surface area contributed by atoms with Crippen LogP contribution in [0.5, 0.6) is 0 Å². The van der Waals surface area contributed by atoms with Crippen molar-refractivity contribution in [2.75, 3.05) is 0 Å². The number of carboxylic acid groups (broad SMARTS) is 1. The van der Waals surface area contributed by atoms with E-state index in [1.165, 1.54) is 0 Å². The molecule has 0 radical (unpaired) electrons. The Morgan fingerprint density at radius 3 is 2.65 bits per heavy atom. The van der Waals surface area contributed by atoms with Crippen LogP contribution < -0.4 is 16.4 Å². The molecule has 1 rings (SSSR count). The molecule has 0 aliphatic heterocycles. The summed E-state index contributed by atoms with van der Waals surface area (Å²) in [6.45, 7) is 3.91. The number of rotatable bonds is 7. The van der Waals surface area contributed by atoms with Gasteiger partial charge < -0.3 is 26.0 Å². The molecule has 0 aromatic carbocycles. The lowest BCUT2D eigenvalue weighted by Gasteiger charge is -2.16. The van der Waals surface area contributed by atoms with Crippen molar-refractivity contribution in [3.05, 3.63) is 11.7 Å². The molecule has 0 spiro atoms. The second-order valence-electron chi connectivity index (χ2n) is 4.66. The van der Waals surface area contributed by atoms with Crippen molar-refractivity contribution in [3.63, 3.8) is 0 Å². The second kappa shape index (κ2) is 7.43. The highest BCUT2D eigenvalue weighted by molar-refractivity contribution is 5.82. The van der Waals surface area contributed by atoms with E-state index in [9.17, 15) is 9.59 Å². The molecule has 20 heavy (non-hydrogen) atoms. The average Bonchev–Trinajstić information content (AvgIpc) is 2.83. The quantitative estimate of drug-likeness (QED) is 0.544. The predicted octanol–water partition coefficient (Wildman–Crippen LogP) is -0.173. The normalized spacial score (nSPS) is 12.2. The van der Waals surface area contributed by atoms with Gasteiger partial charge >= 0.3 is 12.0 Å². The first-order valence-corrected chi connectivity index (χ1v) is 6.21. The Labute approximate surface area is 115 Å². The van der Waals surface area contributed by atoms with Gasteiger partial charge in [-0.2, -0.15) is 4.98 Å². The molecule has 1 aromatic heterocycles. The Morgan fingerprint density at radius 2 is 2.15 bits per heavy atom. The first kappa shape index (κ1) is 15.9. The van der Waals surface area contributed by atoms with Gasteiger partial charge in [0.15, 0.2) is 5.82 Å². The summed E-state index contributed by atoms with van der Waals surface area (Å²) in [4.78, 5) is 26.5. The van der Waals surface area contributed by atoms with E-state index in [1.807, 2.05) is 13.8 Å². The molecular formula is C11H19N5O4. The monoisotopic (exact) mass is 285 g/mol. The number of carboxylic acids is 1. The van der Waals surface area contributed by atoms with Crippen LogP contribution in [0.4, 0.5) is 4.79 Å². The molecule has 5 N–H and O–H groups in total. The number of hydrogen-bond acceptors (Lipinski definition) is 6. The molecule has 9 heteroatoms. The summed E-state index contributed by atoms with van der Waals surface area (Å²) >= 11 is 0. The number of carbonyl (C=O) groups is 2. The Morgan fingerprint density at radius 1 is 1.45 bits per heavy atom. The van der Waals surface area contributed by atoms with Crippen LogP contribution in [0, 0.1) is 5.92 Å². The summed E-state index contributed by atoms with van der Waals surface area (Å²) in [5, 5.41) is 17.4. The molecule has 0 fully saturated rings. The molecule has 0 aliphatic carbocycles. The predicted molar refractivity (Wildman–Crippen MR) is 68.4 cm³/mol. The molecule has 1 atom stereocenters. The highest BCUT2D eigenvalue weighted by atomic mass is 16.5. The van der Waals surface area contributed by atoms with Crippen LogP contribution >= 0.6 is 0 Å². The molecule has 2 amide bonds. The third kappa shape index (κ3) is 5.22. The van der Waals surface area contributed by atoms with Crippen LogP contribution in [0.2, 0.25) is 0 Å². The third-order valence-electron chi connectivity index (χ3n) is 2.40. The number of aliphatic carboxylic acids is 1. The zero-order valence-corrected chi connectivity index (χ0v) is 11.4. The molecular weight excluding hydrogens is 266 g/mol. The average molecular weight is 285 g/mol. The Kier molecular flexibility index (Phi) is 5.91. The number of amides is 2. The third-order valence-corrected chi connectivity index (χ3v) is 2.40. The summed E-state index contributed by atoms with van der Waals surface area (Å²) in [7, 11) is 0. The van der Waals surface area contributed by atoms with Crippen molar-refractivity contribution in [2.24, 2.45) is 11.7 Å². The van der Waals surface area contributed by atoms with Crippen molar-refractivity contribution >= 4 is 12.0 Å². The minimum Gasteiger partial charge on any atom is -0.480 e. The lowest BCUT2D eigenvalue weighted by molar-refractivity contribution is -0.139. The standard InChI is InChI=1S/C11H19N5O4/c1-6(2)3-7(10(17)18)14-11(19)13-5-9-15-8(4-12)16-20-9/h6-7H,3-5,12H2,1-2H3,(H,17,18)(H2,13,14,19)/t7-/m0/s1. The van der Waals surface area contributed by atoms with Crippen molar-refractivity contribution < 1.29 is 19.2 Å². The molecule has 0 saturated carbocycles. The lowest BCUT2D eigenvalue weighted by atomic mass is 10.0. The first-order valence-electron chi connectivity index (χ1n) is 6.21. The number of nitrogens with two attached hydrogens (primary N) is 1. The minimum atomic E-state index is -1.07. The van der Waals surface area contributed by atoms with E-state index in [4.69, 9.17) is 15.4 Å². The Balaban J connectivity index is 2.43. The zero-order valence-electron chi connectivity index (χ0n) is 11.4. The Bertz CT molecular complexity index is 459. The van der Waals surface area contributed by atoms with Crippen LogP contribution in [-0.4, -0.2) is 33.3 Å². The summed E-state index contributed by atoms with van der Waals surface area (Å²) in [5.41, 5.74) is 5.31. The van der Waals surface area contributed by atoms with Crippen LogP contribution in [0.15, 0.2) is 4.52 Å². The maximum Gasteiger partial charge on any atom is 0.326 e. The SMILES string of the molecule is CC(C)C[C@H](NC(=O)NCc1nc(CN)no1)C(=O)O. The molecule has 0 bridgehead atoms. The molecule has 1 heterocycles. The maximum absolute atomic E-state index is 11.6. The highest BCUT2D eigenvalue weighted by Gasteiger charge is 2.21. The number of nitrogens with zero attached hydrogens (tertiary/aromatic N) is 2. The highest BCUT2D eigenvalue weighted by Crippen LogP contribution is 2.04. The van der Waals surface area contributed by atoms with Crippen LogP contribution in [0.1, 0.15) is 32.0 Å². The number of nitrogens with one attached hydrogen (secondary N) is 2. The van der Waals surface area contributed by atoms with E-state index < -0.39 is 18.0 Å². The molecule has 0 aliphatic rings. The number of carbonyl (C=O) groups excluding carboxylic acids is 1. The summed E-state index contributed by atoms with van der Waals surface area (Å²) in [6.07, 6.45) is 0.348. The zero-order chi connectivity index (χ0) is 15.1. The fourth-order valence-electron chi connectivity index (χ4n) is 1.50. The summed E-state index contributed by atoms with van der Waals surface area (Å²) < 4.78 is 4.82. The van der Waals surface area contributed by atoms with Gasteiger partial charge in [-0.25, -0.2) is 9.59 Å². The van der Waals surface area contributed by atoms with Crippen molar-refractivity contribution in [1.82, 2.24) is 20.8 Å². The number of hydrogen-bond donors (Lipinski definition) is 4. The fourth-order valence-corrected chi connectivity index (χ4v) is 1.50. The maximum atomic E-state index is 11.6. The van der Waals surface area contributed by atoms with Crippen LogP contribution in [0.3, 0.4) is 0 Å². The van der Waals surface area contributed by atoms with E-state index >= 15 is 0 Å². The van der Waals surface area contributed by atoms with Gasteiger partial charge in [0.2, 0.25) is 5.89 Å². The van der Waals surface area contributed by atoms with Gasteiger partial charge in [-0.3, -0.25) is 0 Å². The second-order valence-corrected chi connectivity index (χ2v) is 4.66. The van der Waals surface area contributed by atoms with E-state index in [-0.39, 0.29) is 24.9 Å². The largest absolute Gasteiger partial charge is 0.480 e. The lowest BCUT2D eigenvalue weighted by Crippen LogP contribution is -2.46. The number of urea groups is 1. The van der Waals surface area contributed by atoms with Gasteiger partial charge in [-0.15, -0.1) is 0 Å². The van der Waals surface area contributed by atoms with Crippen molar-refractivity contribution in [3.8, 4) is 0 Å². The van der Waals surface area contributed by atoms with E-state index in [0.717, 1.165) is 0 Å². The number of aromatic nitrogens is 2. The first-order chi connectivity index (χ1) is 9.42. The molecule has 112 valence electrons. The van der Waals surface area contributed by atoms with Crippen molar-refractivity contribution in [1.29, 1.82) is 0 Å². The van der Waals surface area contributed by atoms with Gasteiger partial charge in [-0.05, 0) is 12.3 Å². The summed E-state index contributed by atoms with van der Waals surface area (Å²) in [6, 6.07) is -1.54. The topological polar surface area (TPSA) is 143 Å². The fraction of sp³-hybridized carbons (Fsp3) is 0.636. The van der Waals surface area contributed by atoms with Gasteiger partial charge in [-0.1, -0.05) is 19.0 Å². The van der Waals surface area contributed by atoms with Crippen molar-refractivity contribution in [2.45, 2.75) is 39.4 Å². The summed E-state index contributed by atoms with van der Waals surface area (Å²) in [5.74, 6) is -0.377. The van der Waals surface area contributed by atoms with Gasteiger partial charge in [0.1, 0.15) is 6.04 Å². The molecule has 0 saturated heterocycles. The Hall–Kier alpha value is -2.16.